The fraction of sp³-hybridized carbons (Fsp3) is 0.934. The molecule has 0 aromatic heterocycles. The molecule has 0 amide bonds. The summed E-state index contributed by atoms with van der Waals surface area (Å²) in [6.07, 6.45) is 35.1. The molecule has 19 heteroatoms. The number of aliphatic hydroxyl groups is 1. The molecule has 3 unspecified atom stereocenters. The van der Waals surface area contributed by atoms with Crippen molar-refractivity contribution in [3.05, 3.63) is 0 Å². The number of carbonyl (C=O) groups is 4. The zero-order valence-corrected chi connectivity index (χ0v) is 53.2. The van der Waals surface area contributed by atoms with Crippen LogP contribution in [0.25, 0.3) is 0 Å². The second kappa shape index (κ2) is 53.8. The van der Waals surface area contributed by atoms with Gasteiger partial charge in [0.05, 0.1) is 26.4 Å². The number of phosphoric ester groups is 2. The molecule has 0 bridgehead atoms. The summed E-state index contributed by atoms with van der Waals surface area (Å²) in [5, 5.41) is 10.5. The Kier molecular flexibility index (Phi) is 52.5. The van der Waals surface area contributed by atoms with Gasteiger partial charge in [-0.2, -0.15) is 0 Å². The van der Waals surface area contributed by atoms with Gasteiger partial charge < -0.3 is 33.8 Å². The quantitative estimate of drug-likeness (QED) is 0.0222. The number of hydrogen-bond acceptors (Lipinski definition) is 15. The molecular formula is C61H118O17P2. The van der Waals surface area contributed by atoms with Gasteiger partial charge in [-0.05, 0) is 37.5 Å². The van der Waals surface area contributed by atoms with Gasteiger partial charge in [-0.3, -0.25) is 37.3 Å². The van der Waals surface area contributed by atoms with E-state index in [1.807, 2.05) is 0 Å². The first-order valence-electron chi connectivity index (χ1n) is 32.0. The van der Waals surface area contributed by atoms with Gasteiger partial charge in [0.15, 0.2) is 12.2 Å². The van der Waals surface area contributed by atoms with Crippen LogP contribution in [0, 0.1) is 11.8 Å². The maximum atomic E-state index is 12.9. The lowest BCUT2D eigenvalue weighted by atomic mass is 9.99. The highest BCUT2D eigenvalue weighted by atomic mass is 31.2. The Bertz CT molecular complexity index is 1580. The SMILES string of the molecule is CCCCCCCCCCCCCCC(=O)OC[C@H](COP(=O)(O)OC[C@@H](O)COP(=O)(O)OC[C@@H](COC(=O)CCCCCCC)OC(=O)CCCCCCCCCCC(C)C)OC(=O)CCCCCCCCCCC(C)CC. The van der Waals surface area contributed by atoms with Gasteiger partial charge in [0.25, 0.3) is 0 Å². The second-order valence-electron chi connectivity index (χ2n) is 22.8. The molecule has 0 fully saturated rings. The molecule has 17 nitrogen and oxygen atoms in total. The molecule has 474 valence electrons. The summed E-state index contributed by atoms with van der Waals surface area (Å²) >= 11 is 0. The van der Waals surface area contributed by atoms with Gasteiger partial charge in [0.1, 0.15) is 19.3 Å². The van der Waals surface area contributed by atoms with Crippen LogP contribution in [0.4, 0.5) is 0 Å². The first kappa shape index (κ1) is 78.1. The van der Waals surface area contributed by atoms with Crippen molar-refractivity contribution in [1.29, 1.82) is 0 Å². The summed E-state index contributed by atoms with van der Waals surface area (Å²) in [5.41, 5.74) is 0. The molecular weight excluding hydrogens is 1070 g/mol. The van der Waals surface area contributed by atoms with E-state index < -0.39 is 97.5 Å². The number of phosphoric acid groups is 2. The standard InChI is InChI=1S/C61H118O17P2/c1-7-10-12-14-15-16-17-18-19-26-32-38-44-59(64)72-50-57(78-61(66)46-40-34-28-23-21-25-31-36-42-54(6)9-3)52-76-80(69,70)74-48-55(62)47-73-79(67,68)75-51-56(49-71-58(63)43-37-29-13-11-8-2)77-60(65)45-39-33-27-22-20-24-30-35-41-53(4)5/h53-57,62H,7-52H2,1-6H3,(H,67,68)(H,69,70)/t54?,55-,56+,57+/m0/s1. The maximum Gasteiger partial charge on any atom is 0.472 e. The van der Waals surface area contributed by atoms with Gasteiger partial charge in [-0.15, -0.1) is 0 Å². The number of carbonyl (C=O) groups excluding carboxylic acids is 4. The van der Waals surface area contributed by atoms with Crippen LogP contribution in [0.5, 0.6) is 0 Å². The lowest BCUT2D eigenvalue weighted by molar-refractivity contribution is -0.161. The number of rotatable bonds is 60. The number of hydrogen-bond donors (Lipinski definition) is 3. The summed E-state index contributed by atoms with van der Waals surface area (Å²) in [5.74, 6) is -0.662. The molecule has 80 heavy (non-hydrogen) atoms. The van der Waals surface area contributed by atoms with Crippen LogP contribution < -0.4 is 0 Å². The van der Waals surface area contributed by atoms with Crippen molar-refractivity contribution >= 4 is 39.5 Å². The summed E-state index contributed by atoms with van der Waals surface area (Å²) in [6, 6.07) is 0. The molecule has 0 radical (unpaired) electrons. The third kappa shape index (κ3) is 54.0. The number of esters is 4. The lowest BCUT2D eigenvalue weighted by Gasteiger charge is -2.21. The van der Waals surface area contributed by atoms with Gasteiger partial charge in [0, 0.05) is 25.7 Å². The van der Waals surface area contributed by atoms with Crippen molar-refractivity contribution in [3.63, 3.8) is 0 Å². The molecule has 0 aliphatic heterocycles. The lowest BCUT2D eigenvalue weighted by Crippen LogP contribution is -2.30. The van der Waals surface area contributed by atoms with Crippen LogP contribution in [-0.2, 0) is 65.4 Å². The third-order valence-corrected chi connectivity index (χ3v) is 16.2. The van der Waals surface area contributed by atoms with E-state index in [9.17, 15) is 43.2 Å². The molecule has 0 aromatic carbocycles. The van der Waals surface area contributed by atoms with Crippen LogP contribution in [0.2, 0.25) is 0 Å². The molecule has 0 saturated carbocycles. The van der Waals surface area contributed by atoms with E-state index in [2.05, 4.69) is 41.5 Å². The van der Waals surface area contributed by atoms with E-state index >= 15 is 0 Å². The van der Waals surface area contributed by atoms with E-state index in [0.717, 1.165) is 108 Å². The van der Waals surface area contributed by atoms with Crippen molar-refractivity contribution in [3.8, 4) is 0 Å². The Morgan fingerprint density at radius 2 is 0.637 bits per heavy atom. The Hall–Kier alpha value is -1.94. The minimum absolute atomic E-state index is 0.103. The fourth-order valence-corrected chi connectivity index (χ4v) is 10.5. The van der Waals surface area contributed by atoms with E-state index in [1.54, 1.807) is 0 Å². The van der Waals surface area contributed by atoms with E-state index in [4.69, 9.17) is 37.0 Å². The molecule has 0 aromatic rings. The van der Waals surface area contributed by atoms with Crippen LogP contribution in [0.3, 0.4) is 0 Å². The maximum absolute atomic E-state index is 12.9. The average Bonchev–Trinajstić information content (AvgIpc) is 3.42. The predicted molar refractivity (Wildman–Crippen MR) is 317 cm³/mol. The topological polar surface area (TPSA) is 237 Å². The van der Waals surface area contributed by atoms with Crippen LogP contribution >= 0.6 is 15.6 Å². The highest BCUT2D eigenvalue weighted by molar-refractivity contribution is 7.47. The van der Waals surface area contributed by atoms with E-state index in [0.29, 0.717) is 25.7 Å². The third-order valence-electron chi connectivity index (χ3n) is 14.3. The van der Waals surface area contributed by atoms with Gasteiger partial charge in [-0.25, -0.2) is 9.13 Å². The number of aliphatic hydroxyl groups excluding tert-OH is 1. The van der Waals surface area contributed by atoms with E-state index in [1.165, 1.54) is 109 Å². The van der Waals surface area contributed by atoms with Crippen molar-refractivity contribution in [2.75, 3.05) is 39.6 Å². The van der Waals surface area contributed by atoms with Crippen molar-refractivity contribution in [2.24, 2.45) is 11.8 Å². The number of unbranched alkanes of at least 4 members (excludes halogenated alkanes) is 29. The molecule has 0 spiro atoms. The molecule has 6 atom stereocenters. The van der Waals surface area contributed by atoms with Gasteiger partial charge in [-0.1, -0.05) is 247 Å². The molecule has 0 aliphatic carbocycles. The Labute approximate surface area is 486 Å². The fourth-order valence-electron chi connectivity index (χ4n) is 8.97. The van der Waals surface area contributed by atoms with Gasteiger partial charge >= 0.3 is 39.5 Å². The zero-order chi connectivity index (χ0) is 59.4. The summed E-state index contributed by atoms with van der Waals surface area (Å²) < 4.78 is 67.7. The van der Waals surface area contributed by atoms with Crippen molar-refractivity contribution in [1.82, 2.24) is 0 Å². The molecule has 0 rings (SSSR count). The van der Waals surface area contributed by atoms with Crippen LogP contribution in [-0.4, -0.2) is 96.7 Å². The average molecular weight is 1190 g/mol. The van der Waals surface area contributed by atoms with E-state index in [-0.39, 0.29) is 25.7 Å². The Morgan fingerprint density at radius 1 is 0.362 bits per heavy atom. The normalized spacial score (nSPS) is 14.7. The number of ether oxygens (including phenoxy) is 4. The second-order valence-corrected chi connectivity index (χ2v) is 25.7. The Morgan fingerprint density at radius 3 is 0.950 bits per heavy atom. The van der Waals surface area contributed by atoms with Crippen molar-refractivity contribution < 1.29 is 80.2 Å². The monoisotopic (exact) mass is 1180 g/mol. The van der Waals surface area contributed by atoms with Crippen LogP contribution in [0.1, 0.15) is 298 Å². The molecule has 0 heterocycles. The minimum atomic E-state index is -4.94. The van der Waals surface area contributed by atoms with Crippen LogP contribution in [0.15, 0.2) is 0 Å². The summed E-state index contributed by atoms with van der Waals surface area (Å²) in [7, 11) is -9.87. The summed E-state index contributed by atoms with van der Waals surface area (Å²) in [4.78, 5) is 71.8. The predicted octanol–water partition coefficient (Wildman–Crippen LogP) is 16.5. The largest absolute Gasteiger partial charge is 0.472 e. The van der Waals surface area contributed by atoms with Gasteiger partial charge in [0.2, 0.25) is 0 Å². The zero-order valence-electron chi connectivity index (χ0n) is 51.4. The molecule has 0 aliphatic rings. The smallest absolute Gasteiger partial charge is 0.462 e. The molecule has 3 N–H and O–H groups in total. The highest BCUT2D eigenvalue weighted by Gasteiger charge is 2.30. The first-order valence-corrected chi connectivity index (χ1v) is 35.0. The highest BCUT2D eigenvalue weighted by Crippen LogP contribution is 2.45. The Balaban J connectivity index is 5.19. The minimum Gasteiger partial charge on any atom is -0.462 e. The first-order chi connectivity index (χ1) is 38.4. The summed E-state index contributed by atoms with van der Waals surface area (Å²) in [6.45, 7) is 9.34. The van der Waals surface area contributed by atoms with Crippen molar-refractivity contribution in [2.45, 2.75) is 317 Å². The molecule has 0 saturated heterocycles.